The van der Waals surface area contributed by atoms with E-state index in [-0.39, 0.29) is 35.6 Å². The molecule has 0 spiro atoms. The fraction of sp³-hybridized carbons (Fsp3) is 0.556. The number of hydrogen-bond acceptors (Lipinski definition) is 4. The number of carbonyl (C=O) groups excluding carboxylic acids is 2. The number of rotatable bonds is 3. The third-order valence-electron chi connectivity index (χ3n) is 5.73. The van der Waals surface area contributed by atoms with Crippen LogP contribution in [-0.4, -0.2) is 30.9 Å². The van der Waals surface area contributed by atoms with Crippen LogP contribution < -0.4 is 4.74 Å². The predicted molar refractivity (Wildman–Crippen MR) is 87.5 cm³/mol. The Bertz CT molecular complexity index is 686. The minimum absolute atomic E-state index is 0.0164. The van der Waals surface area contributed by atoms with Crippen LogP contribution >= 0.6 is 15.9 Å². The Labute approximate surface area is 143 Å². The quantitative estimate of drug-likeness (QED) is 0.758. The highest BCUT2D eigenvalue weighted by Crippen LogP contribution is 2.55. The number of carbonyl (C=O) groups is 2. The Morgan fingerprint density at radius 3 is 2.70 bits per heavy atom. The first-order valence-corrected chi connectivity index (χ1v) is 8.92. The smallest absolute Gasteiger partial charge is 0.154 e. The molecule has 6 unspecified atom stereocenters. The molecule has 1 aromatic carbocycles. The Morgan fingerprint density at radius 2 is 2.00 bits per heavy atom. The molecular weight excluding hydrogens is 360 g/mol. The van der Waals surface area contributed by atoms with Crippen LogP contribution in [0.2, 0.25) is 0 Å². The minimum Gasteiger partial charge on any atom is -0.496 e. The van der Waals surface area contributed by atoms with E-state index < -0.39 is 5.92 Å². The lowest BCUT2D eigenvalue weighted by molar-refractivity contribution is -0.127. The summed E-state index contributed by atoms with van der Waals surface area (Å²) in [6, 6.07) is 5.49. The number of halogens is 1. The van der Waals surface area contributed by atoms with E-state index in [4.69, 9.17) is 9.47 Å². The zero-order valence-corrected chi connectivity index (χ0v) is 14.7. The molecule has 2 saturated heterocycles. The van der Waals surface area contributed by atoms with E-state index in [1.54, 1.807) is 7.11 Å². The van der Waals surface area contributed by atoms with Crippen molar-refractivity contribution in [3.05, 3.63) is 28.2 Å². The summed E-state index contributed by atoms with van der Waals surface area (Å²) in [5.41, 5.74) is 0.688. The van der Waals surface area contributed by atoms with Crippen molar-refractivity contribution < 1.29 is 19.1 Å². The van der Waals surface area contributed by atoms with Gasteiger partial charge < -0.3 is 9.47 Å². The van der Waals surface area contributed by atoms with Crippen molar-refractivity contribution in [3.63, 3.8) is 0 Å². The van der Waals surface area contributed by atoms with Crippen molar-refractivity contribution in [2.75, 3.05) is 7.11 Å². The van der Waals surface area contributed by atoms with Crippen molar-refractivity contribution in [1.29, 1.82) is 0 Å². The first kappa shape index (κ1) is 15.3. The van der Waals surface area contributed by atoms with Crippen molar-refractivity contribution in [3.8, 4) is 5.75 Å². The molecule has 0 amide bonds. The molecular formula is C18H19BrO4. The van der Waals surface area contributed by atoms with Crippen LogP contribution in [0.1, 0.15) is 31.2 Å². The van der Waals surface area contributed by atoms with E-state index >= 15 is 0 Å². The standard InChI is InChI=1S/C18H19BrO4/c1-3-8-6-12-14-15(18(8)23-12)17(21)13(16(14)20)10-5-4-9(19)7-11(10)22-2/h4-5,7-8,12-15,18H,3,6H2,1-2H3. The molecule has 3 fully saturated rings. The summed E-state index contributed by atoms with van der Waals surface area (Å²) < 4.78 is 12.2. The van der Waals surface area contributed by atoms with Crippen LogP contribution in [-0.2, 0) is 14.3 Å². The first-order chi connectivity index (χ1) is 11.1. The summed E-state index contributed by atoms with van der Waals surface area (Å²) in [7, 11) is 1.57. The van der Waals surface area contributed by atoms with Crippen molar-refractivity contribution >= 4 is 27.5 Å². The Hall–Kier alpha value is -1.20. The second-order valence-electron chi connectivity index (χ2n) is 6.72. The van der Waals surface area contributed by atoms with E-state index in [0.717, 1.165) is 17.3 Å². The fourth-order valence-corrected chi connectivity index (χ4v) is 5.04. The summed E-state index contributed by atoms with van der Waals surface area (Å²) in [4.78, 5) is 26.0. The van der Waals surface area contributed by atoms with E-state index in [2.05, 4.69) is 22.9 Å². The highest BCUT2D eigenvalue weighted by molar-refractivity contribution is 9.10. The highest BCUT2D eigenvalue weighted by atomic mass is 79.9. The van der Waals surface area contributed by atoms with Gasteiger partial charge in [0.05, 0.1) is 31.2 Å². The Morgan fingerprint density at radius 1 is 1.26 bits per heavy atom. The molecule has 1 aromatic rings. The van der Waals surface area contributed by atoms with Gasteiger partial charge in [0.25, 0.3) is 0 Å². The van der Waals surface area contributed by atoms with E-state index in [1.165, 1.54) is 0 Å². The van der Waals surface area contributed by atoms with Crippen molar-refractivity contribution in [2.24, 2.45) is 17.8 Å². The zero-order chi connectivity index (χ0) is 16.3. The molecule has 4 nitrogen and oxygen atoms in total. The summed E-state index contributed by atoms with van der Waals surface area (Å²) in [6.45, 7) is 2.13. The van der Waals surface area contributed by atoms with Gasteiger partial charge in [0.2, 0.25) is 0 Å². The lowest BCUT2D eigenvalue weighted by Crippen LogP contribution is -2.34. The molecule has 2 aliphatic heterocycles. The molecule has 1 saturated carbocycles. The fourth-order valence-electron chi connectivity index (χ4n) is 4.70. The number of fused-ring (bicyclic) bond motifs is 5. The van der Waals surface area contributed by atoms with Gasteiger partial charge in [-0.3, -0.25) is 9.59 Å². The number of ketones is 2. The van der Waals surface area contributed by atoms with E-state index in [0.29, 0.717) is 17.2 Å². The Kier molecular flexibility index (Phi) is 3.61. The number of hydrogen-bond donors (Lipinski definition) is 0. The maximum Gasteiger partial charge on any atom is 0.154 e. The third-order valence-corrected chi connectivity index (χ3v) is 6.22. The maximum absolute atomic E-state index is 13.0. The number of ether oxygens (including phenoxy) is 2. The van der Waals surface area contributed by atoms with Gasteiger partial charge in [0.1, 0.15) is 11.7 Å². The number of benzene rings is 1. The van der Waals surface area contributed by atoms with Crippen LogP contribution in [0.3, 0.4) is 0 Å². The largest absolute Gasteiger partial charge is 0.496 e. The Balaban J connectivity index is 1.73. The molecule has 2 heterocycles. The summed E-state index contributed by atoms with van der Waals surface area (Å²) in [6.07, 6.45) is 1.76. The SMILES string of the molecule is CCC1CC2OC1C1C(=O)C(c3ccc(Br)cc3OC)C(=O)C21. The molecule has 1 aliphatic carbocycles. The average molecular weight is 379 g/mol. The normalized spacial score (nSPS) is 38.2. The lowest BCUT2D eigenvalue weighted by atomic mass is 9.74. The maximum atomic E-state index is 13.0. The molecule has 3 aliphatic rings. The molecule has 0 N–H and O–H groups in total. The first-order valence-electron chi connectivity index (χ1n) is 8.13. The minimum atomic E-state index is -0.697. The number of Topliss-reactive ketones (excluding diaryl/α,β-unsaturated/α-hetero) is 2. The molecule has 6 atom stereocenters. The molecule has 0 aromatic heterocycles. The van der Waals surface area contributed by atoms with Gasteiger partial charge in [0, 0.05) is 10.0 Å². The van der Waals surface area contributed by atoms with Gasteiger partial charge in [-0.05, 0) is 24.5 Å². The van der Waals surface area contributed by atoms with Gasteiger partial charge in [-0.1, -0.05) is 35.3 Å². The molecule has 122 valence electrons. The lowest BCUT2D eigenvalue weighted by Gasteiger charge is -2.24. The monoisotopic (exact) mass is 378 g/mol. The topological polar surface area (TPSA) is 52.6 Å². The third kappa shape index (κ3) is 2.06. The average Bonchev–Trinajstić information content (AvgIpc) is 3.19. The molecule has 4 rings (SSSR count). The van der Waals surface area contributed by atoms with Crippen LogP contribution in [0, 0.1) is 17.8 Å². The summed E-state index contributed by atoms with van der Waals surface area (Å²) >= 11 is 3.40. The highest BCUT2D eigenvalue weighted by Gasteiger charge is 2.65. The van der Waals surface area contributed by atoms with Gasteiger partial charge in [-0.25, -0.2) is 0 Å². The van der Waals surface area contributed by atoms with Gasteiger partial charge >= 0.3 is 0 Å². The van der Waals surface area contributed by atoms with Crippen LogP contribution in [0.25, 0.3) is 0 Å². The second-order valence-corrected chi connectivity index (χ2v) is 7.63. The summed E-state index contributed by atoms with van der Waals surface area (Å²) in [5.74, 6) is -0.181. The van der Waals surface area contributed by atoms with Crippen molar-refractivity contribution in [2.45, 2.75) is 37.9 Å². The van der Waals surface area contributed by atoms with Gasteiger partial charge in [-0.15, -0.1) is 0 Å². The molecule has 23 heavy (non-hydrogen) atoms. The number of methoxy groups -OCH3 is 1. The second kappa shape index (κ2) is 5.42. The van der Waals surface area contributed by atoms with Gasteiger partial charge in [-0.2, -0.15) is 0 Å². The van der Waals surface area contributed by atoms with Crippen LogP contribution in [0.4, 0.5) is 0 Å². The van der Waals surface area contributed by atoms with Crippen LogP contribution in [0.5, 0.6) is 5.75 Å². The molecule has 0 radical (unpaired) electrons. The molecule has 5 heteroatoms. The zero-order valence-electron chi connectivity index (χ0n) is 13.1. The van der Waals surface area contributed by atoms with Crippen LogP contribution in [0.15, 0.2) is 22.7 Å². The van der Waals surface area contributed by atoms with Gasteiger partial charge in [0.15, 0.2) is 11.6 Å². The van der Waals surface area contributed by atoms with Crippen molar-refractivity contribution in [1.82, 2.24) is 0 Å². The van der Waals surface area contributed by atoms with E-state index in [9.17, 15) is 9.59 Å². The predicted octanol–water partition coefficient (Wildman–Crippen LogP) is 3.12. The summed E-state index contributed by atoms with van der Waals surface area (Å²) in [5, 5.41) is 0. The van der Waals surface area contributed by atoms with E-state index in [1.807, 2.05) is 18.2 Å². The molecule has 2 bridgehead atoms.